The van der Waals surface area contributed by atoms with Crippen molar-refractivity contribution in [2.45, 2.75) is 108 Å². The highest BCUT2D eigenvalue weighted by Gasteiger charge is 2.36. The molecule has 0 saturated carbocycles. The maximum absolute atomic E-state index is 10.2. The van der Waals surface area contributed by atoms with E-state index in [1.807, 2.05) is 6.08 Å². The number of aliphatic hydroxyl groups is 2. The molecule has 22 heavy (non-hydrogen) atoms. The van der Waals surface area contributed by atoms with E-state index in [4.69, 9.17) is 4.74 Å². The van der Waals surface area contributed by atoms with Crippen molar-refractivity contribution in [3.63, 3.8) is 0 Å². The first-order valence-electron chi connectivity index (χ1n) is 9.31. The minimum atomic E-state index is -0.418. The highest BCUT2D eigenvalue weighted by atomic mass is 16.5. The van der Waals surface area contributed by atoms with Crippen LogP contribution < -0.4 is 0 Å². The van der Waals surface area contributed by atoms with Crippen molar-refractivity contribution in [1.82, 2.24) is 0 Å². The Kier molecular flexibility index (Phi) is 10.8. The Labute approximate surface area is 136 Å². The van der Waals surface area contributed by atoms with Gasteiger partial charge in [0.05, 0.1) is 24.4 Å². The van der Waals surface area contributed by atoms with Gasteiger partial charge in [0.2, 0.25) is 0 Å². The standard InChI is InChI=1S/C19H36O3/c1-3-5-7-8-9-10-12-13-16(20)19-15-17(21)18(22-19)14-11-6-4-2/h3,16-21H,1,4-15H2,2H3/t16?,17-,18-,19-/m0/s1. The topological polar surface area (TPSA) is 49.7 Å². The predicted molar refractivity (Wildman–Crippen MR) is 91.9 cm³/mol. The molecule has 2 N–H and O–H groups in total. The lowest BCUT2D eigenvalue weighted by Gasteiger charge is -2.19. The Morgan fingerprint density at radius 2 is 1.86 bits per heavy atom. The molecule has 0 aromatic carbocycles. The van der Waals surface area contributed by atoms with Crippen LogP contribution in [0.15, 0.2) is 12.7 Å². The Morgan fingerprint density at radius 1 is 1.14 bits per heavy atom. The number of rotatable bonds is 13. The lowest BCUT2D eigenvalue weighted by molar-refractivity contribution is -0.0498. The van der Waals surface area contributed by atoms with Crippen LogP contribution >= 0.6 is 0 Å². The normalized spacial score (nSPS) is 26.2. The van der Waals surface area contributed by atoms with Gasteiger partial charge in [-0.2, -0.15) is 0 Å². The average Bonchev–Trinajstić information content (AvgIpc) is 2.88. The summed E-state index contributed by atoms with van der Waals surface area (Å²) < 4.78 is 5.88. The maximum Gasteiger partial charge on any atom is 0.0864 e. The highest BCUT2D eigenvalue weighted by Crippen LogP contribution is 2.28. The van der Waals surface area contributed by atoms with E-state index >= 15 is 0 Å². The Hall–Kier alpha value is -0.380. The zero-order valence-electron chi connectivity index (χ0n) is 14.4. The molecular formula is C19H36O3. The molecule has 0 radical (unpaired) electrons. The van der Waals surface area contributed by atoms with Crippen molar-refractivity contribution >= 4 is 0 Å². The van der Waals surface area contributed by atoms with Gasteiger partial charge < -0.3 is 14.9 Å². The minimum Gasteiger partial charge on any atom is -0.390 e. The summed E-state index contributed by atoms with van der Waals surface area (Å²) in [5, 5.41) is 20.3. The molecule has 0 aliphatic carbocycles. The van der Waals surface area contributed by atoms with E-state index in [0.717, 1.165) is 32.1 Å². The predicted octanol–water partition coefficient (Wildman–Crippen LogP) is 4.36. The molecule has 130 valence electrons. The van der Waals surface area contributed by atoms with Gasteiger partial charge in [-0.1, -0.05) is 57.9 Å². The second-order valence-electron chi connectivity index (χ2n) is 6.71. The summed E-state index contributed by atoms with van der Waals surface area (Å²) in [5.41, 5.74) is 0. The van der Waals surface area contributed by atoms with Crippen molar-refractivity contribution in [3.05, 3.63) is 12.7 Å². The zero-order valence-corrected chi connectivity index (χ0v) is 14.4. The van der Waals surface area contributed by atoms with E-state index < -0.39 is 12.2 Å². The third-order valence-corrected chi connectivity index (χ3v) is 4.68. The largest absolute Gasteiger partial charge is 0.390 e. The van der Waals surface area contributed by atoms with Gasteiger partial charge in [-0.3, -0.25) is 0 Å². The Bertz CT molecular complexity index is 280. The molecule has 1 fully saturated rings. The number of aliphatic hydroxyl groups excluding tert-OH is 2. The van der Waals surface area contributed by atoms with Crippen LogP contribution in [-0.2, 0) is 4.74 Å². The fourth-order valence-electron chi connectivity index (χ4n) is 3.22. The molecule has 1 saturated heterocycles. The molecule has 3 heteroatoms. The van der Waals surface area contributed by atoms with E-state index in [9.17, 15) is 10.2 Å². The lowest BCUT2D eigenvalue weighted by atomic mass is 10.0. The maximum atomic E-state index is 10.2. The highest BCUT2D eigenvalue weighted by molar-refractivity contribution is 4.85. The lowest BCUT2D eigenvalue weighted by Crippen LogP contribution is -2.26. The fourth-order valence-corrected chi connectivity index (χ4v) is 3.22. The van der Waals surface area contributed by atoms with Crippen LogP contribution in [0.4, 0.5) is 0 Å². The molecule has 0 amide bonds. The van der Waals surface area contributed by atoms with E-state index in [0.29, 0.717) is 6.42 Å². The molecule has 1 unspecified atom stereocenters. The van der Waals surface area contributed by atoms with E-state index in [1.165, 1.54) is 38.5 Å². The quantitative estimate of drug-likeness (QED) is 0.392. The van der Waals surface area contributed by atoms with Crippen molar-refractivity contribution in [2.75, 3.05) is 0 Å². The molecule has 1 aliphatic heterocycles. The molecule has 0 aromatic rings. The van der Waals surface area contributed by atoms with E-state index in [-0.39, 0.29) is 12.2 Å². The molecule has 1 aliphatic rings. The summed E-state index contributed by atoms with van der Waals surface area (Å²) in [6, 6.07) is 0. The molecule has 3 nitrogen and oxygen atoms in total. The number of allylic oxidation sites excluding steroid dienone is 1. The molecular weight excluding hydrogens is 276 g/mol. The summed E-state index contributed by atoms with van der Waals surface area (Å²) in [7, 11) is 0. The zero-order chi connectivity index (χ0) is 16.2. The van der Waals surface area contributed by atoms with Gasteiger partial charge in [-0.15, -0.1) is 6.58 Å². The van der Waals surface area contributed by atoms with Gasteiger partial charge in [0, 0.05) is 6.42 Å². The van der Waals surface area contributed by atoms with Gasteiger partial charge in [0.25, 0.3) is 0 Å². The third-order valence-electron chi connectivity index (χ3n) is 4.68. The van der Waals surface area contributed by atoms with Crippen LogP contribution in [0.5, 0.6) is 0 Å². The molecule has 1 rings (SSSR count). The smallest absolute Gasteiger partial charge is 0.0864 e. The van der Waals surface area contributed by atoms with Gasteiger partial charge in [-0.25, -0.2) is 0 Å². The van der Waals surface area contributed by atoms with Crippen LogP contribution in [-0.4, -0.2) is 34.6 Å². The van der Waals surface area contributed by atoms with E-state index in [1.54, 1.807) is 0 Å². The van der Waals surface area contributed by atoms with Crippen molar-refractivity contribution in [3.8, 4) is 0 Å². The van der Waals surface area contributed by atoms with Crippen LogP contribution in [0.3, 0.4) is 0 Å². The molecule has 0 aromatic heterocycles. The molecule has 0 bridgehead atoms. The molecule has 0 spiro atoms. The molecule has 1 heterocycles. The second kappa shape index (κ2) is 12.1. The van der Waals surface area contributed by atoms with Gasteiger partial charge in [-0.05, 0) is 25.7 Å². The number of unbranched alkanes of at least 4 members (excludes halogenated alkanes) is 7. The Morgan fingerprint density at radius 3 is 2.59 bits per heavy atom. The van der Waals surface area contributed by atoms with Crippen LogP contribution in [0.25, 0.3) is 0 Å². The van der Waals surface area contributed by atoms with Crippen LogP contribution in [0.2, 0.25) is 0 Å². The number of hydrogen-bond donors (Lipinski definition) is 2. The first-order chi connectivity index (χ1) is 10.7. The summed E-state index contributed by atoms with van der Waals surface area (Å²) in [6.45, 7) is 5.91. The molecule has 4 atom stereocenters. The first kappa shape index (κ1) is 19.7. The average molecular weight is 312 g/mol. The van der Waals surface area contributed by atoms with Gasteiger partial charge in [0.1, 0.15) is 0 Å². The van der Waals surface area contributed by atoms with Crippen molar-refractivity contribution in [1.29, 1.82) is 0 Å². The monoisotopic (exact) mass is 312 g/mol. The summed E-state index contributed by atoms with van der Waals surface area (Å²) >= 11 is 0. The van der Waals surface area contributed by atoms with Crippen LogP contribution in [0, 0.1) is 0 Å². The summed E-state index contributed by atoms with van der Waals surface area (Å²) in [5.74, 6) is 0. The Balaban J connectivity index is 2.10. The van der Waals surface area contributed by atoms with Gasteiger partial charge in [0.15, 0.2) is 0 Å². The van der Waals surface area contributed by atoms with Gasteiger partial charge >= 0.3 is 0 Å². The number of hydrogen-bond acceptors (Lipinski definition) is 3. The number of ether oxygens (including phenoxy) is 1. The SMILES string of the molecule is C=CCCCCCCCC(O)[C@@H]1C[C@H](O)[C@H](CCCCC)O1. The first-order valence-corrected chi connectivity index (χ1v) is 9.31. The van der Waals surface area contributed by atoms with Crippen molar-refractivity contribution < 1.29 is 14.9 Å². The fraction of sp³-hybridized carbons (Fsp3) is 0.895. The van der Waals surface area contributed by atoms with E-state index in [2.05, 4.69) is 13.5 Å². The summed E-state index contributed by atoms with van der Waals surface area (Å²) in [6.07, 6.45) is 13.7. The van der Waals surface area contributed by atoms with Crippen LogP contribution in [0.1, 0.15) is 84.0 Å². The van der Waals surface area contributed by atoms with Crippen molar-refractivity contribution in [2.24, 2.45) is 0 Å². The minimum absolute atomic E-state index is 0.0647. The third kappa shape index (κ3) is 7.75. The summed E-state index contributed by atoms with van der Waals surface area (Å²) in [4.78, 5) is 0. The second-order valence-corrected chi connectivity index (χ2v) is 6.71.